The molecule has 0 amide bonds. The number of thioether (sulfide) groups is 1. The van der Waals surface area contributed by atoms with Gasteiger partial charge in [0.25, 0.3) is 0 Å². The summed E-state index contributed by atoms with van der Waals surface area (Å²) in [7, 11) is 1.64. The van der Waals surface area contributed by atoms with Gasteiger partial charge in [-0.15, -0.1) is 11.8 Å². The lowest BCUT2D eigenvalue weighted by Gasteiger charge is -2.13. The Bertz CT molecular complexity index is 1270. The first-order valence-corrected chi connectivity index (χ1v) is 11.5. The Morgan fingerprint density at radius 1 is 0.875 bits per heavy atom. The van der Waals surface area contributed by atoms with Gasteiger partial charge in [0.2, 0.25) is 0 Å². The monoisotopic (exact) mass is 476 g/mol. The van der Waals surface area contributed by atoms with Crippen LogP contribution in [0.2, 0.25) is 10.0 Å². The minimum atomic E-state index is 0.545. The fraction of sp³-hybridized carbons (Fsp3) is 0.0769. The SMILES string of the molecule is COc1ccc(-c2cc(-c3ccc(Cl)cc3)c(C#N)c(SCc3ccc(Cl)cc3)n2)cc1. The van der Waals surface area contributed by atoms with Gasteiger partial charge in [0.05, 0.1) is 18.4 Å². The molecule has 0 saturated heterocycles. The van der Waals surface area contributed by atoms with Crippen LogP contribution in [0.3, 0.4) is 0 Å². The van der Waals surface area contributed by atoms with Crippen LogP contribution in [-0.2, 0) is 5.75 Å². The van der Waals surface area contributed by atoms with Crippen LogP contribution in [0.4, 0.5) is 0 Å². The van der Waals surface area contributed by atoms with E-state index in [2.05, 4.69) is 6.07 Å². The lowest BCUT2D eigenvalue weighted by atomic mass is 9.99. The van der Waals surface area contributed by atoms with E-state index in [-0.39, 0.29) is 0 Å². The molecule has 0 fully saturated rings. The van der Waals surface area contributed by atoms with Crippen LogP contribution >= 0.6 is 35.0 Å². The van der Waals surface area contributed by atoms with Gasteiger partial charge in [-0.25, -0.2) is 4.98 Å². The molecule has 3 aromatic carbocycles. The molecule has 0 saturated carbocycles. The molecule has 158 valence electrons. The van der Waals surface area contributed by atoms with Crippen molar-refractivity contribution in [3.63, 3.8) is 0 Å². The summed E-state index contributed by atoms with van der Waals surface area (Å²) in [4.78, 5) is 4.85. The third kappa shape index (κ3) is 5.08. The summed E-state index contributed by atoms with van der Waals surface area (Å²) in [6.07, 6.45) is 0. The fourth-order valence-corrected chi connectivity index (χ4v) is 4.44. The van der Waals surface area contributed by atoms with Gasteiger partial charge >= 0.3 is 0 Å². The molecule has 0 spiro atoms. The minimum Gasteiger partial charge on any atom is -0.497 e. The number of methoxy groups -OCH3 is 1. The normalized spacial score (nSPS) is 10.6. The second-order valence-corrected chi connectivity index (χ2v) is 8.83. The summed E-state index contributed by atoms with van der Waals surface area (Å²) in [6.45, 7) is 0. The average Bonchev–Trinajstić information content (AvgIpc) is 2.83. The first-order chi connectivity index (χ1) is 15.6. The lowest BCUT2D eigenvalue weighted by Crippen LogP contribution is -1.96. The first kappa shape index (κ1) is 22.2. The molecule has 0 atom stereocenters. The molecule has 3 nitrogen and oxygen atoms in total. The Hall–Kier alpha value is -2.97. The number of rotatable bonds is 6. The molecule has 4 aromatic rings. The molecule has 0 aliphatic heterocycles. The number of nitriles is 1. The van der Waals surface area contributed by atoms with Crippen LogP contribution in [0.1, 0.15) is 11.1 Å². The van der Waals surface area contributed by atoms with E-state index in [1.54, 1.807) is 7.11 Å². The van der Waals surface area contributed by atoms with E-state index in [1.165, 1.54) is 11.8 Å². The maximum absolute atomic E-state index is 10.0. The Kier molecular flexibility index (Phi) is 7.02. The van der Waals surface area contributed by atoms with Crippen LogP contribution in [-0.4, -0.2) is 12.1 Å². The topological polar surface area (TPSA) is 45.9 Å². The molecule has 0 radical (unpaired) electrons. The molecule has 0 aliphatic carbocycles. The highest BCUT2D eigenvalue weighted by molar-refractivity contribution is 7.98. The molecule has 32 heavy (non-hydrogen) atoms. The van der Waals surface area contributed by atoms with Crippen molar-refractivity contribution < 1.29 is 4.74 Å². The van der Waals surface area contributed by atoms with Crippen LogP contribution in [0.25, 0.3) is 22.4 Å². The number of hydrogen-bond donors (Lipinski definition) is 0. The summed E-state index contributed by atoms with van der Waals surface area (Å²) in [5.41, 5.74) is 5.12. The van der Waals surface area contributed by atoms with Gasteiger partial charge in [-0.1, -0.05) is 47.5 Å². The average molecular weight is 477 g/mol. The van der Waals surface area contributed by atoms with Gasteiger partial charge < -0.3 is 4.74 Å². The Morgan fingerprint density at radius 2 is 1.47 bits per heavy atom. The number of benzene rings is 3. The highest BCUT2D eigenvalue weighted by Crippen LogP contribution is 2.36. The number of pyridine rings is 1. The van der Waals surface area contributed by atoms with Gasteiger partial charge in [0.1, 0.15) is 16.8 Å². The number of hydrogen-bond acceptors (Lipinski definition) is 4. The van der Waals surface area contributed by atoms with E-state index < -0.39 is 0 Å². The van der Waals surface area contributed by atoms with Crippen molar-refractivity contribution in [3.8, 4) is 34.2 Å². The van der Waals surface area contributed by atoms with Crippen LogP contribution < -0.4 is 4.74 Å². The van der Waals surface area contributed by atoms with Crippen molar-refractivity contribution in [3.05, 3.63) is 100 Å². The smallest absolute Gasteiger partial charge is 0.118 e. The zero-order valence-corrected chi connectivity index (χ0v) is 19.5. The summed E-state index contributed by atoms with van der Waals surface area (Å²) in [5, 5.41) is 12.0. The van der Waals surface area contributed by atoms with Crippen LogP contribution in [0.5, 0.6) is 5.75 Å². The van der Waals surface area contributed by atoms with Crippen molar-refractivity contribution in [2.75, 3.05) is 7.11 Å². The molecule has 0 unspecified atom stereocenters. The maximum Gasteiger partial charge on any atom is 0.118 e. The Balaban J connectivity index is 1.80. The molecule has 0 N–H and O–H groups in total. The van der Waals surface area contributed by atoms with Gasteiger partial charge in [0, 0.05) is 26.9 Å². The molecule has 6 heteroatoms. The highest BCUT2D eigenvalue weighted by atomic mass is 35.5. The van der Waals surface area contributed by atoms with Crippen molar-refractivity contribution in [2.24, 2.45) is 0 Å². The molecular formula is C26H18Cl2N2OS. The third-order valence-electron chi connectivity index (χ3n) is 4.93. The second kappa shape index (κ2) is 10.1. The van der Waals surface area contributed by atoms with Crippen LogP contribution in [0.15, 0.2) is 83.9 Å². The van der Waals surface area contributed by atoms with Gasteiger partial charge in [0.15, 0.2) is 0 Å². The quantitative estimate of drug-likeness (QED) is 0.265. The van der Waals surface area contributed by atoms with Gasteiger partial charge in [-0.05, 0) is 65.7 Å². The van der Waals surface area contributed by atoms with E-state index in [9.17, 15) is 5.26 Å². The molecule has 0 aliphatic rings. The summed E-state index contributed by atoms with van der Waals surface area (Å²) in [6, 6.07) is 27.2. The van der Waals surface area contributed by atoms with Gasteiger partial charge in [-0.2, -0.15) is 5.26 Å². The highest BCUT2D eigenvalue weighted by Gasteiger charge is 2.16. The van der Waals surface area contributed by atoms with E-state index in [1.807, 2.05) is 78.9 Å². The van der Waals surface area contributed by atoms with Crippen molar-refractivity contribution >= 4 is 35.0 Å². The number of nitrogens with zero attached hydrogens (tertiary/aromatic N) is 2. The van der Waals surface area contributed by atoms with E-state index >= 15 is 0 Å². The summed E-state index contributed by atoms with van der Waals surface area (Å²) >= 11 is 13.6. The summed E-state index contributed by atoms with van der Waals surface area (Å²) in [5.74, 6) is 1.45. The standard InChI is InChI=1S/C26H18Cl2N2OS/c1-31-22-12-6-19(7-13-22)25-14-23(18-4-10-21(28)11-5-18)24(15-29)26(30-25)32-16-17-2-8-20(27)9-3-17/h2-14H,16H2,1H3. The predicted molar refractivity (Wildman–Crippen MR) is 132 cm³/mol. The van der Waals surface area contributed by atoms with E-state index in [0.29, 0.717) is 26.4 Å². The third-order valence-corrected chi connectivity index (χ3v) is 6.48. The molecule has 0 bridgehead atoms. The van der Waals surface area contributed by atoms with Crippen molar-refractivity contribution in [1.82, 2.24) is 4.98 Å². The van der Waals surface area contributed by atoms with Gasteiger partial charge in [-0.3, -0.25) is 0 Å². The zero-order valence-electron chi connectivity index (χ0n) is 17.2. The predicted octanol–water partition coefficient (Wildman–Crippen LogP) is 7.89. The van der Waals surface area contributed by atoms with Crippen LogP contribution in [0, 0.1) is 11.3 Å². The number of aromatic nitrogens is 1. The molecule has 1 aromatic heterocycles. The van der Waals surface area contributed by atoms with E-state index in [0.717, 1.165) is 33.7 Å². The minimum absolute atomic E-state index is 0.545. The largest absolute Gasteiger partial charge is 0.497 e. The molecular weight excluding hydrogens is 459 g/mol. The Labute approximate surface area is 201 Å². The maximum atomic E-state index is 10.0. The van der Waals surface area contributed by atoms with E-state index in [4.69, 9.17) is 32.9 Å². The Morgan fingerprint density at radius 3 is 2.06 bits per heavy atom. The second-order valence-electron chi connectivity index (χ2n) is 7.00. The zero-order chi connectivity index (χ0) is 22.5. The fourth-order valence-electron chi connectivity index (χ4n) is 3.23. The molecule has 4 rings (SSSR count). The van der Waals surface area contributed by atoms with Crippen molar-refractivity contribution in [1.29, 1.82) is 5.26 Å². The molecule has 1 heterocycles. The first-order valence-electron chi connectivity index (χ1n) is 9.80. The summed E-state index contributed by atoms with van der Waals surface area (Å²) < 4.78 is 5.28. The number of ether oxygens (including phenoxy) is 1. The van der Waals surface area contributed by atoms with Crippen molar-refractivity contribution in [2.45, 2.75) is 10.8 Å². The lowest BCUT2D eigenvalue weighted by molar-refractivity contribution is 0.415. The number of halogens is 2.